The highest BCUT2D eigenvalue weighted by Crippen LogP contribution is 2.39. The monoisotopic (exact) mass is 556 g/mol. The molecule has 0 radical (unpaired) electrons. The zero-order valence-corrected chi connectivity index (χ0v) is 21.7. The molecule has 1 N–H and O–H groups in total. The van der Waals surface area contributed by atoms with E-state index in [1.807, 2.05) is 91.0 Å². The first-order chi connectivity index (χ1) is 17.6. The second kappa shape index (κ2) is 10.8. The fourth-order valence-electron chi connectivity index (χ4n) is 3.54. The number of nitrogens with zero attached hydrogens (tertiary/aromatic N) is 1. The first kappa shape index (κ1) is 23.8. The van der Waals surface area contributed by atoms with Crippen LogP contribution in [0.25, 0.3) is 21.8 Å². The number of hydrogen-bond acceptors (Lipinski definition) is 5. The van der Waals surface area contributed by atoms with Gasteiger partial charge >= 0.3 is 0 Å². The van der Waals surface area contributed by atoms with Crippen molar-refractivity contribution >= 4 is 38.2 Å². The lowest BCUT2D eigenvalue weighted by Crippen LogP contribution is -2.11. The van der Waals surface area contributed by atoms with Crippen LogP contribution in [0, 0.1) is 0 Å². The molecule has 5 rings (SSSR count). The topological polar surface area (TPSA) is 60.5 Å². The lowest BCUT2D eigenvalue weighted by molar-refractivity contribution is 0.102. The lowest BCUT2D eigenvalue weighted by Gasteiger charge is -2.07. The van der Waals surface area contributed by atoms with E-state index >= 15 is 0 Å². The van der Waals surface area contributed by atoms with Crippen LogP contribution in [0.15, 0.2) is 108 Å². The quantitative estimate of drug-likeness (QED) is 0.219. The van der Waals surface area contributed by atoms with E-state index in [0.29, 0.717) is 16.3 Å². The van der Waals surface area contributed by atoms with Crippen LogP contribution in [0.3, 0.4) is 0 Å². The van der Waals surface area contributed by atoms with Crippen LogP contribution in [0.4, 0.5) is 5.00 Å². The van der Waals surface area contributed by atoms with Gasteiger partial charge in [-0.3, -0.25) is 4.79 Å². The predicted octanol–water partition coefficient (Wildman–Crippen LogP) is 8.29. The van der Waals surface area contributed by atoms with Crippen LogP contribution >= 0.6 is 27.3 Å². The molecular formula is C29H21BrN2O3S. The Labute approximate surface area is 221 Å². The molecule has 0 spiro atoms. The average molecular weight is 557 g/mol. The number of anilines is 1. The summed E-state index contributed by atoms with van der Waals surface area (Å²) < 4.78 is 12.1. The van der Waals surface area contributed by atoms with Crippen molar-refractivity contribution in [3.63, 3.8) is 0 Å². The summed E-state index contributed by atoms with van der Waals surface area (Å²) in [5.41, 5.74) is 3.18. The largest absolute Gasteiger partial charge is 0.497 e. The molecule has 4 aromatic carbocycles. The van der Waals surface area contributed by atoms with Crippen molar-refractivity contribution in [1.29, 1.82) is 0 Å². The molecule has 7 heteroatoms. The molecule has 0 atom stereocenters. The standard InChI is InChI=1S/C29H21BrN2O3S/c1-34-23-15-17-25(18-16-23)35-24-13-9-21(10-14-24)28-31-26(19-5-3-2-4-6-19)29(36-28)32-27(33)20-7-11-22(30)12-8-20/h2-18H,1H3,(H,32,33). The molecule has 36 heavy (non-hydrogen) atoms. The Hall–Kier alpha value is -3.94. The highest BCUT2D eigenvalue weighted by atomic mass is 79.9. The zero-order valence-electron chi connectivity index (χ0n) is 19.3. The minimum Gasteiger partial charge on any atom is -0.497 e. The minimum absolute atomic E-state index is 0.182. The summed E-state index contributed by atoms with van der Waals surface area (Å²) >= 11 is 4.85. The summed E-state index contributed by atoms with van der Waals surface area (Å²) in [6.45, 7) is 0. The number of carbonyl (C=O) groups is 1. The van der Waals surface area contributed by atoms with Crippen molar-refractivity contribution in [2.24, 2.45) is 0 Å². The van der Waals surface area contributed by atoms with Crippen LogP contribution in [0.2, 0.25) is 0 Å². The molecule has 0 unspecified atom stereocenters. The number of ether oxygens (including phenoxy) is 2. The Morgan fingerprint density at radius 2 is 1.39 bits per heavy atom. The van der Waals surface area contributed by atoms with Gasteiger partial charge in [-0.2, -0.15) is 0 Å². The number of benzene rings is 4. The SMILES string of the molecule is COc1ccc(Oc2ccc(-c3nc(-c4ccccc4)c(NC(=O)c4ccc(Br)cc4)s3)cc2)cc1. The van der Waals surface area contributed by atoms with Gasteiger partial charge in [-0.15, -0.1) is 0 Å². The van der Waals surface area contributed by atoms with Crippen molar-refractivity contribution in [2.75, 3.05) is 12.4 Å². The van der Waals surface area contributed by atoms with Crippen LogP contribution in [0.5, 0.6) is 17.2 Å². The van der Waals surface area contributed by atoms with Gasteiger partial charge in [-0.25, -0.2) is 4.98 Å². The van der Waals surface area contributed by atoms with Crippen molar-refractivity contribution < 1.29 is 14.3 Å². The molecule has 5 aromatic rings. The zero-order chi connectivity index (χ0) is 24.9. The van der Waals surface area contributed by atoms with Crippen molar-refractivity contribution in [1.82, 2.24) is 4.98 Å². The van der Waals surface area contributed by atoms with Crippen LogP contribution in [0.1, 0.15) is 10.4 Å². The van der Waals surface area contributed by atoms with Gasteiger partial charge in [0.1, 0.15) is 33.0 Å². The molecule has 1 aromatic heterocycles. The molecule has 178 valence electrons. The number of rotatable bonds is 7. The van der Waals surface area contributed by atoms with Gasteiger partial charge < -0.3 is 14.8 Å². The van der Waals surface area contributed by atoms with Gasteiger partial charge in [0.2, 0.25) is 0 Å². The third kappa shape index (κ3) is 5.48. The summed E-state index contributed by atoms with van der Waals surface area (Å²) in [6, 6.07) is 32.3. The maximum absolute atomic E-state index is 12.9. The molecule has 1 amide bonds. The van der Waals surface area contributed by atoms with Gasteiger partial charge in [0, 0.05) is 21.2 Å². The van der Waals surface area contributed by atoms with E-state index in [1.54, 1.807) is 19.2 Å². The minimum atomic E-state index is -0.182. The maximum Gasteiger partial charge on any atom is 0.256 e. The van der Waals surface area contributed by atoms with E-state index < -0.39 is 0 Å². The number of aromatic nitrogens is 1. The van der Waals surface area contributed by atoms with Gasteiger partial charge in [-0.1, -0.05) is 57.6 Å². The van der Waals surface area contributed by atoms with Crippen LogP contribution in [-0.4, -0.2) is 18.0 Å². The number of nitrogens with one attached hydrogen (secondary N) is 1. The predicted molar refractivity (Wildman–Crippen MR) is 148 cm³/mol. The Morgan fingerprint density at radius 3 is 2.03 bits per heavy atom. The summed E-state index contributed by atoms with van der Waals surface area (Å²) in [6.07, 6.45) is 0. The van der Waals surface area contributed by atoms with E-state index in [2.05, 4.69) is 21.2 Å². The van der Waals surface area contributed by atoms with Crippen LogP contribution < -0.4 is 14.8 Å². The Morgan fingerprint density at radius 1 is 0.778 bits per heavy atom. The van der Waals surface area contributed by atoms with Crippen molar-refractivity contribution in [3.8, 4) is 39.1 Å². The molecule has 0 aliphatic rings. The van der Waals surface area contributed by atoms with Crippen LogP contribution in [-0.2, 0) is 0 Å². The third-order valence-electron chi connectivity index (χ3n) is 5.40. The Bertz CT molecular complexity index is 1470. The molecule has 0 aliphatic heterocycles. The number of thiazole rings is 1. The fraction of sp³-hybridized carbons (Fsp3) is 0.0345. The third-order valence-corrected chi connectivity index (χ3v) is 6.95. The number of carbonyl (C=O) groups excluding carboxylic acids is 1. The van der Waals surface area contributed by atoms with Crippen molar-refractivity contribution in [2.45, 2.75) is 0 Å². The average Bonchev–Trinajstić information content (AvgIpc) is 3.34. The second-order valence-electron chi connectivity index (χ2n) is 7.83. The van der Waals surface area contributed by atoms with Gasteiger partial charge in [0.05, 0.1) is 7.11 Å². The first-order valence-corrected chi connectivity index (χ1v) is 12.8. The number of amides is 1. The molecule has 0 saturated carbocycles. The van der Waals surface area contributed by atoms with E-state index in [-0.39, 0.29) is 5.91 Å². The number of halogens is 1. The van der Waals surface area contributed by atoms with E-state index in [9.17, 15) is 4.79 Å². The van der Waals surface area contributed by atoms with E-state index in [1.165, 1.54) is 11.3 Å². The molecule has 0 fully saturated rings. The first-order valence-electron chi connectivity index (χ1n) is 11.1. The molecule has 5 nitrogen and oxygen atoms in total. The lowest BCUT2D eigenvalue weighted by atomic mass is 10.1. The summed E-state index contributed by atoms with van der Waals surface area (Å²) in [5.74, 6) is 2.03. The molecule has 0 aliphatic carbocycles. The summed E-state index contributed by atoms with van der Waals surface area (Å²) in [5, 5.41) is 4.55. The second-order valence-corrected chi connectivity index (χ2v) is 9.74. The highest BCUT2D eigenvalue weighted by molar-refractivity contribution is 9.10. The van der Waals surface area contributed by atoms with Gasteiger partial charge in [0.25, 0.3) is 5.91 Å². The smallest absolute Gasteiger partial charge is 0.256 e. The summed E-state index contributed by atoms with van der Waals surface area (Å²) in [4.78, 5) is 17.8. The van der Waals surface area contributed by atoms with Gasteiger partial charge in [-0.05, 0) is 72.8 Å². The normalized spacial score (nSPS) is 10.6. The number of hydrogen-bond donors (Lipinski definition) is 1. The Balaban J connectivity index is 1.41. The van der Waals surface area contributed by atoms with E-state index in [0.717, 1.165) is 37.8 Å². The maximum atomic E-state index is 12.9. The fourth-order valence-corrected chi connectivity index (χ4v) is 4.79. The highest BCUT2D eigenvalue weighted by Gasteiger charge is 2.17. The summed E-state index contributed by atoms with van der Waals surface area (Å²) in [7, 11) is 1.63. The molecule has 0 saturated heterocycles. The number of methoxy groups -OCH3 is 1. The molecular weight excluding hydrogens is 536 g/mol. The Kier molecular flexibility index (Phi) is 7.11. The van der Waals surface area contributed by atoms with Crippen molar-refractivity contribution in [3.05, 3.63) is 113 Å². The van der Waals surface area contributed by atoms with Gasteiger partial charge in [0.15, 0.2) is 0 Å². The molecule has 0 bridgehead atoms. The molecule has 1 heterocycles. The van der Waals surface area contributed by atoms with E-state index in [4.69, 9.17) is 14.5 Å².